The lowest BCUT2D eigenvalue weighted by Gasteiger charge is -2.24. The van der Waals surface area contributed by atoms with Crippen LogP contribution in [0.3, 0.4) is 0 Å². The number of likely N-dealkylation sites (tertiary alicyclic amines) is 1. The second kappa shape index (κ2) is 3.47. The molecule has 2 atom stereocenters. The molecule has 1 aliphatic heterocycles. The van der Waals surface area contributed by atoms with Crippen LogP contribution < -0.4 is 0 Å². The second-order valence-corrected chi connectivity index (χ2v) is 5.96. The molecule has 2 unspecified atom stereocenters. The van der Waals surface area contributed by atoms with Gasteiger partial charge in [0.1, 0.15) is 11.9 Å². The first-order valence-corrected chi connectivity index (χ1v) is 5.80. The predicted octanol–water partition coefficient (Wildman–Crippen LogP) is 1.83. The van der Waals surface area contributed by atoms with Crippen LogP contribution >= 0.6 is 0 Å². The van der Waals surface area contributed by atoms with Crippen molar-refractivity contribution in [2.45, 2.75) is 39.2 Å². The van der Waals surface area contributed by atoms with E-state index in [-0.39, 0.29) is 17.4 Å². The van der Waals surface area contributed by atoms with E-state index in [2.05, 4.69) is 0 Å². The molecule has 0 bridgehead atoms. The Morgan fingerprint density at radius 2 is 2.19 bits per heavy atom. The van der Waals surface area contributed by atoms with Crippen molar-refractivity contribution in [1.29, 1.82) is 0 Å². The lowest BCUT2D eigenvalue weighted by atomic mass is 10.0. The Morgan fingerprint density at radius 3 is 2.69 bits per heavy atom. The third-order valence-corrected chi connectivity index (χ3v) is 3.45. The summed E-state index contributed by atoms with van der Waals surface area (Å²) in [6.07, 6.45) is 2.66. The van der Waals surface area contributed by atoms with Crippen LogP contribution in [0.1, 0.15) is 33.6 Å². The number of hydrogen-bond acceptors (Lipinski definition) is 3. The summed E-state index contributed by atoms with van der Waals surface area (Å²) < 4.78 is 5.31. The quantitative estimate of drug-likeness (QED) is 0.640. The topological polar surface area (TPSA) is 46.6 Å². The fraction of sp³-hybridized carbons (Fsp3) is 0.833. The fourth-order valence-corrected chi connectivity index (χ4v) is 2.42. The van der Waals surface area contributed by atoms with Gasteiger partial charge in [-0.05, 0) is 39.0 Å². The summed E-state index contributed by atoms with van der Waals surface area (Å²) in [6, 6.07) is 0. The van der Waals surface area contributed by atoms with Crippen molar-refractivity contribution in [2.75, 3.05) is 13.1 Å². The SMILES string of the molecule is CC(C)(C)OC(=O)N1CCC2(CC2C=O)C1. The molecule has 2 rings (SSSR count). The summed E-state index contributed by atoms with van der Waals surface area (Å²) in [5, 5.41) is 0. The van der Waals surface area contributed by atoms with Crippen molar-refractivity contribution in [3.63, 3.8) is 0 Å². The van der Waals surface area contributed by atoms with Crippen LogP contribution in [0.25, 0.3) is 0 Å². The van der Waals surface area contributed by atoms with Gasteiger partial charge in [-0.3, -0.25) is 0 Å². The first-order valence-electron chi connectivity index (χ1n) is 5.80. The van der Waals surface area contributed by atoms with Gasteiger partial charge < -0.3 is 14.4 Å². The highest BCUT2D eigenvalue weighted by molar-refractivity contribution is 5.70. The Balaban J connectivity index is 1.90. The van der Waals surface area contributed by atoms with Gasteiger partial charge in [0.2, 0.25) is 0 Å². The molecule has 1 spiro atoms. The predicted molar refractivity (Wildman–Crippen MR) is 59.0 cm³/mol. The van der Waals surface area contributed by atoms with Gasteiger partial charge in [-0.25, -0.2) is 4.79 Å². The van der Waals surface area contributed by atoms with E-state index in [1.54, 1.807) is 4.90 Å². The third-order valence-electron chi connectivity index (χ3n) is 3.45. The van der Waals surface area contributed by atoms with Crippen LogP contribution in [0.15, 0.2) is 0 Å². The number of aldehydes is 1. The highest BCUT2D eigenvalue weighted by Gasteiger charge is 2.58. The summed E-state index contributed by atoms with van der Waals surface area (Å²) in [5.41, 5.74) is -0.348. The molecule has 4 heteroatoms. The second-order valence-electron chi connectivity index (χ2n) is 5.96. The van der Waals surface area contributed by atoms with Crippen molar-refractivity contribution in [3.8, 4) is 0 Å². The van der Waals surface area contributed by atoms with Crippen molar-refractivity contribution in [2.24, 2.45) is 11.3 Å². The van der Waals surface area contributed by atoms with Gasteiger partial charge in [-0.15, -0.1) is 0 Å². The van der Waals surface area contributed by atoms with Crippen LogP contribution in [0.5, 0.6) is 0 Å². The normalized spacial score (nSPS) is 32.9. The highest BCUT2D eigenvalue weighted by atomic mass is 16.6. The Hall–Kier alpha value is -1.06. The average Bonchev–Trinajstić information content (AvgIpc) is 2.62. The highest BCUT2D eigenvalue weighted by Crippen LogP contribution is 2.57. The first kappa shape index (κ1) is 11.4. The van der Waals surface area contributed by atoms with E-state index < -0.39 is 5.60 Å². The van der Waals surface area contributed by atoms with E-state index in [4.69, 9.17) is 4.74 Å². The Labute approximate surface area is 95.9 Å². The molecule has 1 amide bonds. The number of nitrogens with zero attached hydrogens (tertiary/aromatic N) is 1. The van der Waals surface area contributed by atoms with Crippen molar-refractivity contribution in [1.82, 2.24) is 4.90 Å². The van der Waals surface area contributed by atoms with Crippen molar-refractivity contribution in [3.05, 3.63) is 0 Å². The van der Waals surface area contributed by atoms with Gasteiger partial charge in [-0.1, -0.05) is 0 Å². The van der Waals surface area contributed by atoms with E-state index in [0.29, 0.717) is 6.54 Å². The smallest absolute Gasteiger partial charge is 0.410 e. The molecule has 0 aromatic rings. The molecular formula is C12H19NO3. The maximum absolute atomic E-state index is 11.8. The molecule has 1 heterocycles. The Morgan fingerprint density at radius 1 is 1.50 bits per heavy atom. The number of carbonyl (C=O) groups excluding carboxylic acids is 2. The molecule has 0 aromatic heterocycles. The standard InChI is InChI=1S/C12H19NO3/c1-11(2,3)16-10(15)13-5-4-12(8-13)6-9(12)7-14/h7,9H,4-6,8H2,1-3H3. The van der Waals surface area contributed by atoms with Crippen LogP contribution in [0.2, 0.25) is 0 Å². The zero-order valence-corrected chi connectivity index (χ0v) is 10.2. The fourth-order valence-electron chi connectivity index (χ4n) is 2.42. The van der Waals surface area contributed by atoms with Gasteiger partial charge in [0.25, 0.3) is 0 Å². The summed E-state index contributed by atoms with van der Waals surface area (Å²) in [5.74, 6) is 0.167. The number of ether oxygens (including phenoxy) is 1. The molecule has 1 saturated heterocycles. The molecule has 1 saturated carbocycles. The maximum atomic E-state index is 11.8. The van der Waals surface area contributed by atoms with Crippen molar-refractivity contribution >= 4 is 12.4 Å². The van der Waals surface area contributed by atoms with E-state index in [0.717, 1.165) is 25.7 Å². The number of rotatable bonds is 1. The number of hydrogen-bond donors (Lipinski definition) is 0. The monoisotopic (exact) mass is 225 g/mol. The zero-order chi connectivity index (χ0) is 12.0. The van der Waals surface area contributed by atoms with Crippen molar-refractivity contribution < 1.29 is 14.3 Å². The van der Waals surface area contributed by atoms with E-state index in [9.17, 15) is 9.59 Å². The molecule has 2 fully saturated rings. The number of carbonyl (C=O) groups is 2. The Kier molecular flexibility index (Phi) is 2.48. The molecule has 2 aliphatic rings. The van der Waals surface area contributed by atoms with Gasteiger partial charge in [0.15, 0.2) is 0 Å². The number of amides is 1. The molecule has 16 heavy (non-hydrogen) atoms. The lowest BCUT2D eigenvalue weighted by molar-refractivity contribution is -0.109. The minimum atomic E-state index is -0.444. The van der Waals surface area contributed by atoms with E-state index in [1.165, 1.54) is 0 Å². The molecular weight excluding hydrogens is 206 g/mol. The van der Waals surface area contributed by atoms with Gasteiger partial charge in [0.05, 0.1) is 0 Å². The van der Waals surface area contributed by atoms with Crippen LogP contribution in [-0.2, 0) is 9.53 Å². The Bertz CT molecular complexity index is 321. The molecule has 0 N–H and O–H groups in total. The van der Waals surface area contributed by atoms with Crippen LogP contribution in [0, 0.1) is 11.3 Å². The van der Waals surface area contributed by atoms with E-state index in [1.807, 2.05) is 20.8 Å². The average molecular weight is 225 g/mol. The third kappa shape index (κ3) is 2.06. The van der Waals surface area contributed by atoms with Gasteiger partial charge in [-0.2, -0.15) is 0 Å². The molecule has 0 aromatic carbocycles. The summed E-state index contributed by atoms with van der Waals surface area (Å²) >= 11 is 0. The van der Waals surface area contributed by atoms with Crippen LogP contribution in [0.4, 0.5) is 4.79 Å². The van der Waals surface area contributed by atoms with Gasteiger partial charge in [0, 0.05) is 19.0 Å². The molecule has 90 valence electrons. The van der Waals surface area contributed by atoms with E-state index >= 15 is 0 Å². The lowest BCUT2D eigenvalue weighted by Crippen LogP contribution is -2.35. The van der Waals surface area contributed by atoms with Crippen LogP contribution in [-0.4, -0.2) is 36.0 Å². The minimum absolute atomic E-state index is 0.0959. The molecule has 1 aliphatic carbocycles. The zero-order valence-electron chi connectivity index (χ0n) is 10.2. The summed E-state index contributed by atoms with van der Waals surface area (Å²) in [7, 11) is 0. The maximum Gasteiger partial charge on any atom is 0.410 e. The molecule has 0 radical (unpaired) electrons. The minimum Gasteiger partial charge on any atom is -0.444 e. The largest absolute Gasteiger partial charge is 0.444 e. The molecule has 4 nitrogen and oxygen atoms in total. The summed E-state index contributed by atoms with van der Waals surface area (Å²) in [4.78, 5) is 24.2. The van der Waals surface area contributed by atoms with Gasteiger partial charge >= 0.3 is 6.09 Å². The summed E-state index contributed by atoms with van der Waals surface area (Å²) in [6.45, 7) is 7.00. The first-order chi connectivity index (χ1) is 7.36.